The van der Waals surface area contributed by atoms with Gasteiger partial charge >= 0.3 is 0 Å². The smallest absolute Gasteiger partial charge is 0.175 e. The van der Waals surface area contributed by atoms with E-state index in [2.05, 4.69) is 57.1 Å². The Balaban J connectivity index is 2.81. The average Bonchev–Trinajstić information content (AvgIpc) is 2.20. The van der Waals surface area contributed by atoms with E-state index in [1.807, 2.05) is 0 Å². The highest BCUT2D eigenvalue weighted by Gasteiger charge is 2.10. The molecule has 0 amide bonds. The molecule has 0 aliphatic heterocycles. The lowest BCUT2D eigenvalue weighted by Crippen LogP contribution is -2.28. The molecule has 0 saturated carbocycles. The third kappa shape index (κ3) is 2.54. The molecule has 0 heterocycles. The van der Waals surface area contributed by atoms with Crippen molar-refractivity contribution in [3.05, 3.63) is 24.3 Å². The maximum Gasteiger partial charge on any atom is 0.175 e. The van der Waals surface area contributed by atoms with Crippen LogP contribution in [0.15, 0.2) is 24.3 Å². The molecule has 0 spiro atoms. The summed E-state index contributed by atoms with van der Waals surface area (Å²) >= 11 is 0. The van der Waals surface area contributed by atoms with Gasteiger partial charge < -0.3 is 4.90 Å². The third-order valence-electron chi connectivity index (χ3n) is 2.87. The van der Waals surface area contributed by atoms with Gasteiger partial charge in [0, 0.05) is 19.8 Å². The monoisotopic (exact) mass is 189 g/mol. The summed E-state index contributed by atoms with van der Waals surface area (Å²) in [4.78, 5) is 2.14. The summed E-state index contributed by atoms with van der Waals surface area (Å²) in [5.74, 6) is 0. The van der Waals surface area contributed by atoms with E-state index in [9.17, 15) is 0 Å². The summed E-state index contributed by atoms with van der Waals surface area (Å²) in [5.41, 5.74) is 2.75. The maximum atomic E-state index is 2.26. The predicted molar refractivity (Wildman–Crippen MR) is 67.1 cm³/mol. The molecule has 0 fully saturated rings. The molecule has 1 rings (SSSR count). The maximum absolute atomic E-state index is 2.26. The van der Waals surface area contributed by atoms with E-state index in [-0.39, 0.29) is 0 Å². The first-order valence-electron chi connectivity index (χ1n) is 5.46. The molecule has 76 valence electrons. The average molecular weight is 189 g/mol. The number of hydrogen-bond donors (Lipinski definition) is 0. The standard InChI is InChI=1S/C12H20BN/c1-5-13(6-2)11-7-9-12(10-8-11)14(3)4/h7-10H,5-6H2,1-4H3. The SMILES string of the molecule is CCB(CC)c1ccc(N(C)C)cc1. The van der Waals surface area contributed by atoms with Gasteiger partial charge in [-0.05, 0) is 12.1 Å². The van der Waals surface area contributed by atoms with Crippen molar-refractivity contribution in [2.24, 2.45) is 0 Å². The zero-order valence-electron chi connectivity index (χ0n) is 9.75. The molecule has 14 heavy (non-hydrogen) atoms. The van der Waals surface area contributed by atoms with Crippen LogP contribution in [0.3, 0.4) is 0 Å². The van der Waals surface area contributed by atoms with Gasteiger partial charge in [0.05, 0.1) is 0 Å². The van der Waals surface area contributed by atoms with Crippen molar-refractivity contribution < 1.29 is 0 Å². The quantitative estimate of drug-likeness (QED) is 0.657. The van der Waals surface area contributed by atoms with E-state index in [1.54, 1.807) is 0 Å². The molecule has 0 N–H and O–H groups in total. The van der Waals surface area contributed by atoms with Gasteiger partial charge in [-0.1, -0.05) is 44.1 Å². The van der Waals surface area contributed by atoms with Gasteiger partial charge in [0.1, 0.15) is 0 Å². The summed E-state index contributed by atoms with van der Waals surface area (Å²) in [7, 11) is 4.15. The van der Waals surface area contributed by atoms with E-state index in [4.69, 9.17) is 0 Å². The molecule has 0 aromatic heterocycles. The van der Waals surface area contributed by atoms with Gasteiger partial charge in [0.15, 0.2) is 6.71 Å². The molecule has 0 unspecified atom stereocenters. The molecule has 1 aromatic rings. The minimum atomic E-state index is 0.728. The highest BCUT2D eigenvalue weighted by Crippen LogP contribution is 2.09. The van der Waals surface area contributed by atoms with E-state index in [0.717, 1.165) is 6.71 Å². The van der Waals surface area contributed by atoms with Crippen LogP contribution in [0.25, 0.3) is 0 Å². The topological polar surface area (TPSA) is 3.24 Å². The van der Waals surface area contributed by atoms with Crippen LogP contribution in [0.4, 0.5) is 5.69 Å². The molecule has 1 aromatic carbocycles. The molecule has 0 atom stereocenters. The van der Waals surface area contributed by atoms with Crippen molar-refractivity contribution >= 4 is 17.9 Å². The lowest BCUT2D eigenvalue weighted by molar-refractivity contribution is 1.13. The minimum absolute atomic E-state index is 0.728. The summed E-state index contributed by atoms with van der Waals surface area (Å²) in [6, 6.07) is 8.92. The lowest BCUT2D eigenvalue weighted by Gasteiger charge is -2.14. The summed E-state index contributed by atoms with van der Waals surface area (Å²) < 4.78 is 0. The van der Waals surface area contributed by atoms with E-state index < -0.39 is 0 Å². The Morgan fingerprint density at radius 2 is 1.50 bits per heavy atom. The Morgan fingerprint density at radius 1 is 1.00 bits per heavy atom. The van der Waals surface area contributed by atoms with Crippen LogP contribution in [-0.2, 0) is 0 Å². The van der Waals surface area contributed by atoms with Gasteiger partial charge in [0.25, 0.3) is 0 Å². The summed E-state index contributed by atoms with van der Waals surface area (Å²) in [6.45, 7) is 5.24. The Hall–Kier alpha value is -0.915. The number of hydrogen-bond acceptors (Lipinski definition) is 1. The molecule has 0 bridgehead atoms. The van der Waals surface area contributed by atoms with Crippen molar-refractivity contribution in [1.82, 2.24) is 0 Å². The predicted octanol–water partition coefficient (Wildman–Crippen LogP) is 2.49. The second-order valence-corrected chi connectivity index (χ2v) is 4.00. The zero-order valence-corrected chi connectivity index (χ0v) is 9.75. The fourth-order valence-electron chi connectivity index (χ4n) is 1.80. The number of nitrogens with zero attached hydrogens (tertiary/aromatic N) is 1. The Labute approximate surface area is 88.2 Å². The Bertz CT molecular complexity index is 262. The Morgan fingerprint density at radius 3 is 1.86 bits per heavy atom. The fraction of sp³-hybridized carbons (Fsp3) is 0.500. The van der Waals surface area contributed by atoms with E-state index in [0.29, 0.717) is 0 Å². The number of anilines is 1. The van der Waals surface area contributed by atoms with Crippen LogP contribution >= 0.6 is 0 Å². The first kappa shape index (κ1) is 11.2. The number of rotatable bonds is 4. The minimum Gasteiger partial charge on any atom is -0.378 e. The molecule has 0 saturated heterocycles. The molecular formula is C12H20BN. The molecule has 0 aliphatic carbocycles. The van der Waals surface area contributed by atoms with Crippen molar-refractivity contribution in [1.29, 1.82) is 0 Å². The highest BCUT2D eigenvalue weighted by molar-refractivity contribution is 6.73. The van der Waals surface area contributed by atoms with Gasteiger partial charge in [-0.15, -0.1) is 0 Å². The first-order valence-corrected chi connectivity index (χ1v) is 5.46. The van der Waals surface area contributed by atoms with Crippen LogP contribution in [0.1, 0.15) is 13.8 Å². The van der Waals surface area contributed by atoms with Crippen molar-refractivity contribution in [2.75, 3.05) is 19.0 Å². The summed E-state index contributed by atoms with van der Waals surface area (Å²) in [6.07, 6.45) is 2.47. The summed E-state index contributed by atoms with van der Waals surface area (Å²) in [5, 5.41) is 0. The second-order valence-electron chi connectivity index (χ2n) is 4.00. The molecule has 1 nitrogen and oxygen atoms in total. The molecule has 0 aliphatic rings. The van der Waals surface area contributed by atoms with Gasteiger partial charge in [-0.25, -0.2) is 0 Å². The highest BCUT2D eigenvalue weighted by atomic mass is 15.1. The van der Waals surface area contributed by atoms with Gasteiger partial charge in [-0.3, -0.25) is 0 Å². The number of benzene rings is 1. The van der Waals surface area contributed by atoms with Crippen LogP contribution in [-0.4, -0.2) is 20.8 Å². The fourth-order valence-corrected chi connectivity index (χ4v) is 1.80. The Kier molecular flexibility index (Phi) is 4.06. The van der Waals surface area contributed by atoms with Gasteiger partial charge in [-0.2, -0.15) is 0 Å². The third-order valence-corrected chi connectivity index (χ3v) is 2.87. The largest absolute Gasteiger partial charge is 0.378 e. The second kappa shape index (κ2) is 5.09. The van der Waals surface area contributed by atoms with Crippen LogP contribution < -0.4 is 10.4 Å². The van der Waals surface area contributed by atoms with Crippen LogP contribution in [0.2, 0.25) is 12.6 Å². The van der Waals surface area contributed by atoms with Crippen molar-refractivity contribution in [2.45, 2.75) is 26.5 Å². The molecule has 0 radical (unpaired) electrons. The molecule has 2 heteroatoms. The van der Waals surface area contributed by atoms with Crippen molar-refractivity contribution in [3.8, 4) is 0 Å². The molecular weight excluding hydrogens is 169 g/mol. The normalized spacial score (nSPS) is 10.0. The zero-order chi connectivity index (χ0) is 10.6. The van der Waals surface area contributed by atoms with Crippen LogP contribution in [0.5, 0.6) is 0 Å². The lowest BCUT2D eigenvalue weighted by atomic mass is 9.41. The van der Waals surface area contributed by atoms with Gasteiger partial charge in [0.2, 0.25) is 0 Å². The van der Waals surface area contributed by atoms with Crippen LogP contribution in [0, 0.1) is 0 Å². The van der Waals surface area contributed by atoms with E-state index in [1.165, 1.54) is 23.8 Å². The first-order chi connectivity index (χ1) is 6.69. The van der Waals surface area contributed by atoms with E-state index >= 15 is 0 Å². The van der Waals surface area contributed by atoms with Crippen molar-refractivity contribution in [3.63, 3.8) is 0 Å².